The summed E-state index contributed by atoms with van der Waals surface area (Å²) in [5, 5.41) is 12.6. The predicted molar refractivity (Wildman–Crippen MR) is 105 cm³/mol. The van der Waals surface area contributed by atoms with Gasteiger partial charge >= 0.3 is 0 Å². The second-order valence-electron chi connectivity index (χ2n) is 5.84. The molecule has 0 aliphatic heterocycles. The largest absolute Gasteiger partial charge is 0.300 e. The number of thioether (sulfide) groups is 1. The van der Waals surface area contributed by atoms with Crippen molar-refractivity contribution < 1.29 is 4.79 Å². The molecule has 0 atom stereocenters. The van der Waals surface area contributed by atoms with E-state index in [0.717, 1.165) is 15.5 Å². The minimum absolute atomic E-state index is 0.0751. The van der Waals surface area contributed by atoms with Crippen LogP contribution in [0.2, 0.25) is 0 Å². The average molecular weight is 370 g/mol. The average Bonchev–Trinajstić information content (AvgIpc) is 3.01. The van der Waals surface area contributed by atoms with E-state index in [1.54, 1.807) is 0 Å². The van der Waals surface area contributed by atoms with Crippen LogP contribution in [0.15, 0.2) is 47.4 Å². The molecule has 0 aliphatic carbocycles. The Bertz CT molecular complexity index is 868. The zero-order valence-electron chi connectivity index (χ0n) is 14.4. The molecule has 3 rings (SSSR count). The maximum atomic E-state index is 12.1. The molecule has 0 spiro atoms. The molecule has 1 N–H and O–H groups in total. The number of nitrogens with zero attached hydrogens (tertiary/aromatic N) is 2. The van der Waals surface area contributed by atoms with Crippen molar-refractivity contribution >= 4 is 34.1 Å². The maximum Gasteiger partial charge on any atom is 0.236 e. The summed E-state index contributed by atoms with van der Waals surface area (Å²) >= 11 is 2.91. The number of carbonyl (C=O) groups excluding carboxylic acids is 1. The molecule has 25 heavy (non-hydrogen) atoms. The molecule has 0 bridgehead atoms. The summed E-state index contributed by atoms with van der Waals surface area (Å²) in [5.74, 6) is 0.274. The van der Waals surface area contributed by atoms with Gasteiger partial charge in [0.15, 0.2) is 0 Å². The number of nitrogens with one attached hydrogen (secondary N) is 1. The lowest BCUT2D eigenvalue weighted by molar-refractivity contribution is -0.113. The van der Waals surface area contributed by atoms with Crippen LogP contribution in [-0.4, -0.2) is 21.9 Å². The van der Waals surface area contributed by atoms with Gasteiger partial charge in [0.05, 0.1) is 5.75 Å². The first-order valence-corrected chi connectivity index (χ1v) is 9.72. The first kappa shape index (κ1) is 17.6. The molecule has 0 unspecified atom stereocenters. The first-order chi connectivity index (χ1) is 12.0. The van der Waals surface area contributed by atoms with Gasteiger partial charge in [-0.2, -0.15) is 0 Å². The van der Waals surface area contributed by atoms with Crippen LogP contribution in [0, 0.1) is 20.8 Å². The zero-order chi connectivity index (χ0) is 17.8. The molecule has 3 aromatic rings. The van der Waals surface area contributed by atoms with E-state index in [1.165, 1.54) is 39.8 Å². The molecule has 6 heteroatoms. The van der Waals surface area contributed by atoms with Crippen molar-refractivity contribution in [2.24, 2.45) is 0 Å². The van der Waals surface area contributed by atoms with Crippen molar-refractivity contribution in [3.8, 4) is 10.6 Å². The highest BCUT2D eigenvalue weighted by Gasteiger charge is 2.14. The van der Waals surface area contributed by atoms with Crippen molar-refractivity contribution in [3.63, 3.8) is 0 Å². The lowest BCUT2D eigenvalue weighted by Gasteiger charge is -2.07. The normalized spacial score (nSPS) is 10.7. The van der Waals surface area contributed by atoms with Crippen LogP contribution < -0.4 is 5.32 Å². The summed E-state index contributed by atoms with van der Waals surface area (Å²) in [5.41, 5.74) is 4.68. The second-order valence-corrected chi connectivity index (χ2v) is 7.86. The molecule has 128 valence electrons. The highest BCUT2D eigenvalue weighted by molar-refractivity contribution is 8.00. The van der Waals surface area contributed by atoms with E-state index in [4.69, 9.17) is 0 Å². The summed E-state index contributed by atoms with van der Waals surface area (Å²) < 4.78 is 0. The van der Waals surface area contributed by atoms with Crippen molar-refractivity contribution in [1.29, 1.82) is 0 Å². The van der Waals surface area contributed by atoms with E-state index < -0.39 is 0 Å². The molecule has 1 amide bonds. The lowest BCUT2D eigenvalue weighted by atomic mass is 10.0. The van der Waals surface area contributed by atoms with Crippen molar-refractivity contribution in [2.45, 2.75) is 25.7 Å². The Labute approximate surface area is 155 Å². The monoisotopic (exact) mass is 369 g/mol. The van der Waals surface area contributed by atoms with E-state index in [-0.39, 0.29) is 5.91 Å². The number of amides is 1. The van der Waals surface area contributed by atoms with Crippen molar-refractivity contribution in [3.05, 3.63) is 59.2 Å². The molecule has 0 saturated carbocycles. The molecule has 0 fully saturated rings. The number of rotatable bonds is 5. The van der Waals surface area contributed by atoms with Gasteiger partial charge in [0.1, 0.15) is 5.01 Å². The fraction of sp³-hybridized carbons (Fsp3) is 0.211. The highest BCUT2D eigenvalue weighted by atomic mass is 32.2. The molecule has 0 saturated heterocycles. The summed E-state index contributed by atoms with van der Waals surface area (Å²) in [6, 6.07) is 14.1. The van der Waals surface area contributed by atoms with E-state index in [9.17, 15) is 4.79 Å². The summed E-state index contributed by atoms with van der Waals surface area (Å²) in [6.07, 6.45) is 0. The Morgan fingerprint density at radius 2 is 1.76 bits per heavy atom. The molecule has 4 nitrogen and oxygen atoms in total. The van der Waals surface area contributed by atoms with Gasteiger partial charge < -0.3 is 0 Å². The summed E-state index contributed by atoms with van der Waals surface area (Å²) in [6.45, 7) is 6.23. The number of benzene rings is 2. The fourth-order valence-corrected chi connectivity index (χ4v) is 4.37. The summed E-state index contributed by atoms with van der Waals surface area (Å²) in [4.78, 5) is 13.2. The number of aryl methyl sites for hydroxylation is 3. The van der Waals surface area contributed by atoms with Gasteiger partial charge in [0.2, 0.25) is 11.0 Å². The van der Waals surface area contributed by atoms with E-state index in [2.05, 4.69) is 48.4 Å². The third-order valence-corrected chi connectivity index (χ3v) is 5.54. The Kier molecular flexibility index (Phi) is 5.50. The lowest BCUT2D eigenvalue weighted by Crippen LogP contribution is -2.13. The van der Waals surface area contributed by atoms with Crippen LogP contribution in [0.5, 0.6) is 0 Å². The van der Waals surface area contributed by atoms with Gasteiger partial charge in [-0.15, -0.1) is 22.0 Å². The van der Waals surface area contributed by atoms with Crippen LogP contribution in [0.3, 0.4) is 0 Å². The SMILES string of the molecule is Cc1cc(C)c(-c2nnc(NC(=O)CSc3ccccc3)s2)c(C)c1. The summed E-state index contributed by atoms with van der Waals surface area (Å²) in [7, 11) is 0. The number of carbonyl (C=O) groups is 1. The van der Waals surface area contributed by atoms with Gasteiger partial charge in [0.25, 0.3) is 0 Å². The van der Waals surface area contributed by atoms with Crippen LogP contribution in [0.25, 0.3) is 10.6 Å². The Balaban J connectivity index is 1.67. The van der Waals surface area contributed by atoms with Crippen molar-refractivity contribution in [1.82, 2.24) is 10.2 Å². The Hall–Kier alpha value is -2.18. The molecular formula is C19H19N3OS2. The smallest absolute Gasteiger partial charge is 0.236 e. The van der Waals surface area contributed by atoms with Crippen LogP contribution in [0.4, 0.5) is 5.13 Å². The number of aromatic nitrogens is 2. The highest BCUT2D eigenvalue weighted by Crippen LogP contribution is 2.32. The van der Waals surface area contributed by atoms with Gasteiger partial charge in [-0.1, -0.05) is 47.2 Å². The van der Waals surface area contributed by atoms with Crippen LogP contribution >= 0.6 is 23.1 Å². The maximum absolute atomic E-state index is 12.1. The van der Waals surface area contributed by atoms with Gasteiger partial charge in [-0.3, -0.25) is 10.1 Å². The molecule has 0 radical (unpaired) electrons. The van der Waals surface area contributed by atoms with E-state index >= 15 is 0 Å². The molecular weight excluding hydrogens is 350 g/mol. The quantitative estimate of drug-likeness (QED) is 0.653. The van der Waals surface area contributed by atoms with Gasteiger partial charge in [-0.25, -0.2) is 0 Å². The molecule has 1 aromatic heterocycles. The topological polar surface area (TPSA) is 54.9 Å². The van der Waals surface area contributed by atoms with Crippen molar-refractivity contribution in [2.75, 3.05) is 11.1 Å². The van der Waals surface area contributed by atoms with Gasteiger partial charge in [0, 0.05) is 10.5 Å². The van der Waals surface area contributed by atoms with Crippen LogP contribution in [0.1, 0.15) is 16.7 Å². The minimum atomic E-state index is -0.0751. The first-order valence-electron chi connectivity index (χ1n) is 7.92. The van der Waals surface area contributed by atoms with E-state index in [1.807, 2.05) is 30.3 Å². The number of anilines is 1. The standard InChI is InChI=1S/C19H19N3OS2/c1-12-9-13(2)17(14(3)10-12)18-21-22-19(25-18)20-16(23)11-24-15-7-5-4-6-8-15/h4-10H,11H2,1-3H3,(H,20,22,23). The molecule has 0 aliphatic rings. The minimum Gasteiger partial charge on any atom is -0.300 e. The number of hydrogen-bond acceptors (Lipinski definition) is 5. The Morgan fingerprint density at radius 1 is 1.08 bits per heavy atom. The third-order valence-electron chi connectivity index (χ3n) is 3.68. The predicted octanol–water partition coefficient (Wildman–Crippen LogP) is 4.86. The second kappa shape index (κ2) is 7.80. The molecule has 2 aromatic carbocycles. The zero-order valence-corrected chi connectivity index (χ0v) is 16.0. The van der Waals surface area contributed by atoms with Gasteiger partial charge in [-0.05, 0) is 44.0 Å². The number of hydrogen-bond donors (Lipinski definition) is 1. The fourth-order valence-electron chi connectivity index (χ4n) is 2.71. The van der Waals surface area contributed by atoms with E-state index in [0.29, 0.717) is 10.9 Å². The third kappa shape index (κ3) is 4.46. The molecule has 1 heterocycles. The Morgan fingerprint density at radius 3 is 2.44 bits per heavy atom. The van der Waals surface area contributed by atoms with Crippen LogP contribution in [-0.2, 0) is 4.79 Å².